The molecule has 1 aromatic rings. The lowest BCUT2D eigenvalue weighted by molar-refractivity contribution is 0.819. The van der Waals surface area contributed by atoms with Gasteiger partial charge >= 0.3 is 0 Å². The molecule has 1 rings (SSSR count). The molecule has 0 saturated heterocycles. The average molecular weight is 364 g/mol. The first-order valence-corrected chi connectivity index (χ1v) is 6.79. The number of hydrogen-bond donors (Lipinski definition) is 3. The molecular formula is C11H16Br2N4. The summed E-state index contributed by atoms with van der Waals surface area (Å²) in [6, 6.07) is 4.21. The molecule has 1 aromatic carbocycles. The summed E-state index contributed by atoms with van der Waals surface area (Å²) in [6.07, 6.45) is 0. The molecule has 0 aliphatic rings. The second kappa shape index (κ2) is 6.37. The van der Waals surface area contributed by atoms with Crippen LogP contribution in [0.3, 0.4) is 0 Å². The number of nitrogens with zero attached hydrogens (tertiary/aromatic N) is 1. The van der Waals surface area contributed by atoms with E-state index in [0.717, 1.165) is 20.2 Å². The summed E-state index contributed by atoms with van der Waals surface area (Å²) in [6.45, 7) is 6.00. The lowest BCUT2D eigenvalue weighted by atomic mass is 10.2. The van der Waals surface area contributed by atoms with Crippen LogP contribution in [0.5, 0.6) is 0 Å². The minimum absolute atomic E-state index is 0.163. The normalized spacial score (nSPS) is 11.8. The Labute approximate surface area is 118 Å². The van der Waals surface area contributed by atoms with E-state index in [-0.39, 0.29) is 6.04 Å². The zero-order chi connectivity index (χ0) is 13.0. The predicted molar refractivity (Wildman–Crippen MR) is 80.1 cm³/mol. The number of anilines is 1. The highest BCUT2D eigenvalue weighted by Crippen LogP contribution is 2.32. The number of hydrogen-bond acceptors (Lipinski definition) is 2. The number of benzene rings is 1. The van der Waals surface area contributed by atoms with E-state index in [4.69, 9.17) is 5.84 Å². The maximum absolute atomic E-state index is 5.43. The van der Waals surface area contributed by atoms with Crippen molar-refractivity contribution in [1.29, 1.82) is 0 Å². The van der Waals surface area contributed by atoms with E-state index in [1.165, 1.54) is 0 Å². The van der Waals surface area contributed by atoms with Gasteiger partial charge in [-0.1, -0.05) is 0 Å². The smallest absolute Gasteiger partial charge is 0.210 e. The van der Waals surface area contributed by atoms with Crippen LogP contribution in [0.2, 0.25) is 0 Å². The molecule has 0 aliphatic heterocycles. The number of guanidine groups is 1. The van der Waals surface area contributed by atoms with Gasteiger partial charge in [0.1, 0.15) is 0 Å². The van der Waals surface area contributed by atoms with E-state index in [9.17, 15) is 0 Å². The first-order valence-electron chi connectivity index (χ1n) is 5.21. The molecule has 0 aromatic heterocycles. The molecule has 0 saturated carbocycles. The van der Waals surface area contributed by atoms with Crippen LogP contribution < -0.4 is 16.6 Å². The molecule has 0 bridgehead atoms. The van der Waals surface area contributed by atoms with Crippen molar-refractivity contribution >= 4 is 43.5 Å². The first-order chi connectivity index (χ1) is 7.93. The Morgan fingerprint density at radius 1 is 1.29 bits per heavy atom. The number of hydrazine groups is 1. The predicted octanol–water partition coefficient (Wildman–Crippen LogP) is 3.16. The monoisotopic (exact) mass is 362 g/mol. The van der Waals surface area contributed by atoms with E-state index in [1.807, 2.05) is 32.9 Å². The number of halogens is 2. The average Bonchev–Trinajstić information content (AvgIpc) is 2.20. The van der Waals surface area contributed by atoms with E-state index < -0.39 is 0 Å². The van der Waals surface area contributed by atoms with Crippen molar-refractivity contribution in [3.05, 3.63) is 26.6 Å². The summed E-state index contributed by atoms with van der Waals surface area (Å²) in [5, 5.41) is 3.14. The Morgan fingerprint density at radius 2 is 1.82 bits per heavy atom. The Balaban J connectivity index is 3.02. The van der Waals surface area contributed by atoms with Crippen LogP contribution in [-0.4, -0.2) is 12.0 Å². The Bertz CT molecular complexity index is 406. The van der Waals surface area contributed by atoms with Gasteiger partial charge in [0.15, 0.2) is 0 Å². The van der Waals surface area contributed by atoms with Crippen LogP contribution in [0.15, 0.2) is 26.1 Å². The van der Waals surface area contributed by atoms with Gasteiger partial charge in [0.25, 0.3) is 0 Å². The van der Waals surface area contributed by atoms with Crippen LogP contribution in [0.4, 0.5) is 5.69 Å². The largest absolute Gasteiger partial charge is 0.323 e. The highest BCUT2D eigenvalue weighted by molar-refractivity contribution is 9.11. The molecular weight excluding hydrogens is 348 g/mol. The zero-order valence-corrected chi connectivity index (χ0v) is 13.2. The second-order valence-electron chi connectivity index (χ2n) is 3.94. The fourth-order valence-electron chi connectivity index (χ4n) is 1.30. The fraction of sp³-hybridized carbons (Fsp3) is 0.364. The van der Waals surface area contributed by atoms with E-state index in [1.54, 1.807) is 0 Å². The molecule has 94 valence electrons. The topological polar surface area (TPSA) is 62.4 Å². The van der Waals surface area contributed by atoms with Gasteiger partial charge in [-0.3, -0.25) is 5.43 Å². The third-order valence-corrected chi connectivity index (χ3v) is 3.20. The summed E-state index contributed by atoms with van der Waals surface area (Å²) in [7, 11) is 0. The molecule has 0 radical (unpaired) electrons. The molecule has 6 heteroatoms. The third kappa shape index (κ3) is 4.29. The summed E-state index contributed by atoms with van der Waals surface area (Å²) in [5.41, 5.74) is 4.61. The van der Waals surface area contributed by atoms with Gasteiger partial charge in [0.05, 0.1) is 5.69 Å². The molecule has 0 amide bonds. The Kier molecular flexibility index (Phi) is 5.42. The second-order valence-corrected chi connectivity index (χ2v) is 5.65. The summed E-state index contributed by atoms with van der Waals surface area (Å²) in [5.74, 6) is 5.96. The zero-order valence-electron chi connectivity index (χ0n) is 10.0. The van der Waals surface area contributed by atoms with Gasteiger partial charge in [-0.15, -0.1) is 0 Å². The van der Waals surface area contributed by atoms with Gasteiger partial charge in [-0.25, -0.2) is 10.8 Å². The number of rotatable bonds is 2. The minimum atomic E-state index is 0.163. The number of nitrogens with one attached hydrogen (secondary N) is 2. The van der Waals surface area contributed by atoms with Gasteiger partial charge < -0.3 is 5.32 Å². The molecule has 0 heterocycles. The molecule has 0 atom stereocenters. The molecule has 0 unspecified atom stereocenters. The van der Waals surface area contributed by atoms with Gasteiger partial charge in [0, 0.05) is 15.0 Å². The maximum Gasteiger partial charge on any atom is 0.210 e. The van der Waals surface area contributed by atoms with Gasteiger partial charge in [0.2, 0.25) is 5.96 Å². The van der Waals surface area contributed by atoms with Crippen LogP contribution in [0.25, 0.3) is 0 Å². The number of aliphatic imine (C=N–C) groups is 1. The highest BCUT2D eigenvalue weighted by atomic mass is 79.9. The fourth-order valence-corrected chi connectivity index (χ4v) is 2.92. The van der Waals surface area contributed by atoms with Crippen molar-refractivity contribution in [3.8, 4) is 0 Å². The number of nitrogens with two attached hydrogens (primary N) is 1. The molecule has 17 heavy (non-hydrogen) atoms. The third-order valence-electron chi connectivity index (χ3n) is 1.95. The van der Waals surface area contributed by atoms with E-state index in [2.05, 4.69) is 47.6 Å². The Morgan fingerprint density at radius 3 is 2.24 bits per heavy atom. The van der Waals surface area contributed by atoms with Crippen LogP contribution in [-0.2, 0) is 0 Å². The lowest BCUT2D eigenvalue weighted by Crippen LogP contribution is -2.37. The SMILES string of the molecule is Cc1cc(Br)c(NC(=NC(C)C)NN)c(Br)c1. The van der Waals surface area contributed by atoms with Crippen molar-refractivity contribution in [2.75, 3.05) is 5.32 Å². The molecule has 4 N–H and O–H groups in total. The number of aryl methyl sites for hydroxylation is 1. The van der Waals surface area contributed by atoms with Crippen molar-refractivity contribution in [1.82, 2.24) is 5.43 Å². The summed E-state index contributed by atoms with van der Waals surface area (Å²) in [4.78, 5) is 4.32. The molecule has 4 nitrogen and oxygen atoms in total. The highest BCUT2D eigenvalue weighted by Gasteiger charge is 2.08. The summed E-state index contributed by atoms with van der Waals surface area (Å²) >= 11 is 7.01. The maximum atomic E-state index is 5.43. The summed E-state index contributed by atoms with van der Waals surface area (Å²) < 4.78 is 1.91. The first kappa shape index (κ1) is 14.5. The lowest BCUT2D eigenvalue weighted by Gasteiger charge is -2.14. The van der Waals surface area contributed by atoms with E-state index in [0.29, 0.717) is 5.96 Å². The Hall–Kier alpha value is -0.590. The van der Waals surface area contributed by atoms with Crippen molar-refractivity contribution in [2.24, 2.45) is 10.8 Å². The quantitative estimate of drug-likeness (QED) is 0.327. The van der Waals surface area contributed by atoms with Crippen LogP contribution in [0.1, 0.15) is 19.4 Å². The molecule has 0 aliphatic carbocycles. The van der Waals surface area contributed by atoms with Gasteiger partial charge in [-0.2, -0.15) is 0 Å². The minimum Gasteiger partial charge on any atom is -0.323 e. The van der Waals surface area contributed by atoms with E-state index >= 15 is 0 Å². The standard InChI is InChI=1S/C11H16Br2N4/c1-6(2)15-11(17-14)16-10-8(12)4-7(3)5-9(10)13/h4-6H,14H2,1-3H3,(H2,15,16,17). The van der Waals surface area contributed by atoms with Crippen LogP contribution in [0, 0.1) is 6.92 Å². The van der Waals surface area contributed by atoms with Crippen molar-refractivity contribution < 1.29 is 0 Å². The molecule has 0 fully saturated rings. The van der Waals surface area contributed by atoms with Crippen LogP contribution >= 0.6 is 31.9 Å². The van der Waals surface area contributed by atoms with Gasteiger partial charge in [-0.05, 0) is 70.3 Å². The van der Waals surface area contributed by atoms with Crippen molar-refractivity contribution in [2.45, 2.75) is 26.8 Å². The van der Waals surface area contributed by atoms with Crippen molar-refractivity contribution in [3.63, 3.8) is 0 Å². The molecule has 0 spiro atoms.